The molecule has 3 N–H and O–H groups in total. The first-order chi connectivity index (χ1) is 9.11. The minimum atomic E-state index is -0.537. The van der Waals surface area contributed by atoms with Gasteiger partial charge < -0.3 is 11.1 Å². The van der Waals surface area contributed by atoms with Crippen LogP contribution in [-0.2, 0) is 6.42 Å². The van der Waals surface area contributed by atoms with Gasteiger partial charge in [0.2, 0.25) is 5.91 Å². The molecule has 0 aliphatic heterocycles. The number of carbonyl (C=O) groups is 2. The van der Waals surface area contributed by atoms with Crippen LogP contribution in [0.3, 0.4) is 0 Å². The van der Waals surface area contributed by atoms with Gasteiger partial charge in [-0.25, -0.2) is 0 Å². The molecule has 0 saturated heterocycles. The lowest BCUT2D eigenvalue weighted by Crippen LogP contribution is -2.14. The van der Waals surface area contributed by atoms with Crippen LogP contribution >= 0.6 is 11.5 Å². The van der Waals surface area contributed by atoms with E-state index in [4.69, 9.17) is 5.73 Å². The van der Waals surface area contributed by atoms with Crippen LogP contribution in [0, 0.1) is 0 Å². The van der Waals surface area contributed by atoms with Crippen molar-refractivity contribution < 1.29 is 9.59 Å². The van der Waals surface area contributed by atoms with Gasteiger partial charge in [-0.15, -0.1) is 5.10 Å². The number of aromatic nitrogens is 2. The number of carbonyl (C=O) groups excluding carboxylic acids is 2. The molecule has 1 aromatic heterocycles. The highest BCUT2D eigenvalue weighted by Gasteiger charge is 2.15. The summed E-state index contributed by atoms with van der Waals surface area (Å²) in [5.74, 6) is -0.821. The molecule has 7 heteroatoms. The summed E-state index contributed by atoms with van der Waals surface area (Å²) in [6.45, 7) is 1.90. The molecule has 0 aliphatic carbocycles. The van der Waals surface area contributed by atoms with Gasteiger partial charge in [-0.05, 0) is 36.2 Å². The molecule has 19 heavy (non-hydrogen) atoms. The summed E-state index contributed by atoms with van der Waals surface area (Å²) < 4.78 is 3.76. The quantitative estimate of drug-likeness (QED) is 0.883. The van der Waals surface area contributed by atoms with Gasteiger partial charge in [-0.3, -0.25) is 9.59 Å². The maximum atomic E-state index is 12.0. The standard InChI is InChI=1S/C12H12N4O2S/c1-2-9-10(19-16-15-9)12(18)14-8-5-3-4-7(6-8)11(13)17/h3-6H,2H2,1H3,(H2,13,17)(H,14,18). The number of nitrogens with two attached hydrogens (primary N) is 1. The third-order valence-corrected chi connectivity index (χ3v) is 3.27. The van der Waals surface area contributed by atoms with Crippen LogP contribution in [0.15, 0.2) is 24.3 Å². The van der Waals surface area contributed by atoms with E-state index in [9.17, 15) is 9.59 Å². The topological polar surface area (TPSA) is 98.0 Å². The van der Waals surface area contributed by atoms with E-state index in [0.29, 0.717) is 28.2 Å². The van der Waals surface area contributed by atoms with Crippen LogP contribution in [0.5, 0.6) is 0 Å². The van der Waals surface area contributed by atoms with E-state index >= 15 is 0 Å². The number of nitrogens with one attached hydrogen (secondary N) is 1. The summed E-state index contributed by atoms with van der Waals surface area (Å²) in [4.78, 5) is 23.6. The van der Waals surface area contributed by atoms with Crippen LogP contribution < -0.4 is 11.1 Å². The summed E-state index contributed by atoms with van der Waals surface area (Å²) in [5.41, 5.74) is 6.70. The second-order valence-electron chi connectivity index (χ2n) is 3.80. The van der Waals surface area contributed by atoms with Crippen molar-refractivity contribution in [2.24, 2.45) is 5.73 Å². The van der Waals surface area contributed by atoms with E-state index < -0.39 is 5.91 Å². The second kappa shape index (κ2) is 5.57. The second-order valence-corrected chi connectivity index (χ2v) is 4.56. The maximum absolute atomic E-state index is 12.0. The Hall–Kier alpha value is -2.28. The summed E-state index contributed by atoms with van der Waals surface area (Å²) in [6, 6.07) is 6.45. The first-order valence-electron chi connectivity index (χ1n) is 5.64. The Labute approximate surface area is 113 Å². The van der Waals surface area contributed by atoms with Gasteiger partial charge in [-0.1, -0.05) is 17.5 Å². The average Bonchev–Trinajstić information content (AvgIpc) is 2.87. The van der Waals surface area contributed by atoms with E-state index in [1.54, 1.807) is 18.2 Å². The molecule has 2 aromatic rings. The van der Waals surface area contributed by atoms with Crippen molar-refractivity contribution in [1.82, 2.24) is 9.59 Å². The fraction of sp³-hybridized carbons (Fsp3) is 0.167. The zero-order chi connectivity index (χ0) is 13.8. The molecule has 0 radical (unpaired) electrons. The highest BCUT2D eigenvalue weighted by atomic mass is 32.1. The SMILES string of the molecule is CCc1nnsc1C(=O)Nc1cccc(C(N)=O)c1. The van der Waals surface area contributed by atoms with Gasteiger partial charge in [0.25, 0.3) is 5.91 Å². The van der Waals surface area contributed by atoms with Crippen LogP contribution in [0.25, 0.3) is 0 Å². The molecule has 1 heterocycles. The van der Waals surface area contributed by atoms with Crippen molar-refractivity contribution in [3.05, 3.63) is 40.4 Å². The number of primary amides is 1. The lowest BCUT2D eigenvalue weighted by atomic mass is 10.2. The van der Waals surface area contributed by atoms with E-state index in [0.717, 1.165) is 11.5 Å². The van der Waals surface area contributed by atoms with Gasteiger partial charge >= 0.3 is 0 Å². The van der Waals surface area contributed by atoms with E-state index in [1.807, 2.05) is 6.92 Å². The molecular formula is C12H12N4O2S. The predicted octanol–water partition coefficient (Wildman–Crippen LogP) is 1.45. The fourth-order valence-corrected chi connectivity index (χ4v) is 2.20. The number of rotatable bonds is 4. The van der Waals surface area contributed by atoms with Gasteiger partial charge in [0, 0.05) is 11.3 Å². The highest BCUT2D eigenvalue weighted by Crippen LogP contribution is 2.16. The number of hydrogen-bond donors (Lipinski definition) is 2. The number of nitrogens with zero attached hydrogens (tertiary/aromatic N) is 2. The zero-order valence-corrected chi connectivity index (χ0v) is 11.0. The number of benzene rings is 1. The fourth-order valence-electron chi connectivity index (χ4n) is 1.55. The van der Waals surface area contributed by atoms with Crippen molar-refractivity contribution in [2.45, 2.75) is 13.3 Å². The minimum Gasteiger partial charge on any atom is -0.366 e. The van der Waals surface area contributed by atoms with Crippen molar-refractivity contribution in [3.8, 4) is 0 Å². The summed E-state index contributed by atoms with van der Waals surface area (Å²) in [7, 11) is 0. The molecule has 0 bridgehead atoms. The largest absolute Gasteiger partial charge is 0.366 e. The lowest BCUT2D eigenvalue weighted by molar-refractivity contribution is 0.0996. The molecule has 0 spiro atoms. The van der Waals surface area contributed by atoms with Gasteiger partial charge in [0.1, 0.15) is 4.88 Å². The average molecular weight is 276 g/mol. The Morgan fingerprint density at radius 3 is 2.89 bits per heavy atom. The number of amides is 2. The van der Waals surface area contributed by atoms with Crippen molar-refractivity contribution in [2.75, 3.05) is 5.32 Å². The van der Waals surface area contributed by atoms with E-state index in [2.05, 4.69) is 14.9 Å². The highest BCUT2D eigenvalue weighted by molar-refractivity contribution is 7.08. The van der Waals surface area contributed by atoms with Crippen molar-refractivity contribution >= 4 is 29.0 Å². The molecule has 0 saturated carbocycles. The van der Waals surface area contributed by atoms with Crippen LogP contribution in [-0.4, -0.2) is 21.4 Å². The third kappa shape index (κ3) is 2.94. The molecule has 0 fully saturated rings. The van der Waals surface area contributed by atoms with Crippen molar-refractivity contribution in [3.63, 3.8) is 0 Å². The Balaban J connectivity index is 2.19. The molecule has 2 rings (SSSR count). The number of aryl methyl sites for hydroxylation is 1. The van der Waals surface area contributed by atoms with Gasteiger partial charge in [0.15, 0.2) is 0 Å². The normalized spacial score (nSPS) is 10.2. The number of anilines is 1. The predicted molar refractivity (Wildman–Crippen MR) is 72.2 cm³/mol. The molecule has 6 nitrogen and oxygen atoms in total. The Kier molecular flexibility index (Phi) is 3.86. The molecule has 1 aromatic carbocycles. The molecule has 0 aliphatic rings. The minimum absolute atomic E-state index is 0.284. The third-order valence-electron chi connectivity index (χ3n) is 2.50. The van der Waals surface area contributed by atoms with Crippen LogP contribution in [0.2, 0.25) is 0 Å². The van der Waals surface area contributed by atoms with Crippen molar-refractivity contribution in [1.29, 1.82) is 0 Å². The van der Waals surface area contributed by atoms with Gasteiger partial charge in [0.05, 0.1) is 5.69 Å². The molecular weight excluding hydrogens is 264 g/mol. The molecule has 0 atom stereocenters. The van der Waals surface area contributed by atoms with Crippen LogP contribution in [0.1, 0.15) is 32.6 Å². The maximum Gasteiger partial charge on any atom is 0.269 e. The van der Waals surface area contributed by atoms with E-state index in [1.165, 1.54) is 6.07 Å². The monoisotopic (exact) mass is 276 g/mol. The first kappa shape index (κ1) is 13.2. The first-order valence-corrected chi connectivity index (χ1v) is 6.41. The number of hydrogen-bond acceptors (Lipinski definition) is 5. The Morgan fingerprint density at radius 1 is 1.42 bits per heavy atom. The zero-order valence-electron chi connectivity index (χ0n) is 10.2. The Bertz CT molecular complexity index is 624. The lowest BCUT2D eigenvalue weighted by Gasteiger charge is -2.05. The summed E-state index contributed by atoms with van der Waals surface area (Å²) in [6.07, 6.45) is 0.639. The summed E-state index contributed by atoms with van der Waals surface area (Å²) in [5, 5.41) is 6.57. The van der Waals surface area contributed by atoms with Gasteiger partial charge in [-0.2, -0.15) is 0 Å². The molecule has 98 valence electrons. The molecule has 2 amide bonds. The smallest absolute Gasteiger partial charge is 0.269 e. The van der Waals surface area contributed by atoms with Crippen LogP contribution in [0.4, 0.5) is 5.69 Å². The molecule has 0 unspecified atom stereocenters. The Morgan fingerprint density at radius 2 is 2.21 bits per heavy atom. The van der Waals surface area contributed by atoms with E-state index in [-0.39, 0.29) is 5.91 Å². The summed E-state index contributed by atoms with van der Waals surface area (Å²) >= 11 is 1.05.